The molecule has 19 heavy (non-hydrogen) atoms. The first kappa shape index (κ1) is 15.3. The highest BCUT2D eigenvalue weighted by molar-refractivity contribution is 5.69. The maximum atomic E-state index is 10.9. The number of phenolic OH excluding ortho intramolecular Hbond substituents is 1. The molecule has 0 fully saturated rings. The monoisotopic (exact) mass is 267 g/mol. The highest BCUT2D eigenvalue weighted by Gasteiger charge is 2.13. The van der Waals surface area contributed by atoms with Crippen molar-refractivity contribution >= 4 is 5.97 Å². The van der Waals surface area contributed by atoms with E-state index in [0.717, 1.165) is 5.56 Å². The maximum Gasteiger partial charge on any atom is 0.317 e. The average Bonchev–Trinajstić information content (AvgIpc) is 2.29. The van der Waals surface area contributed by atoms with E-state index in [0.29, 0.717) is 24.8 Å². The van der Waals surface area contributed by atoms with Crippen LogP contribution >= 0.6 is 0 Å². The first-order chi connectivity index (χ1) is 8.92. The summed E-state index contributed by atoms with van der Waals surface area (Å²) in [5.41, 5.74) is 0.913. The van der Waals surface area contributed by atoms with Crippen molar-refractivity contribution in [1.29, 1.82) is 0 Å². The molecule has 0 aliphatic heterocycles. The molecule has 0 atom stereocenters. The summed E-state index contributed by atoms with van der Waals surface area (Å²) in [5.74, 6) is 0.0296. The molecule has 0 radical (unpaired) electrons. The van der Waals surface area contributed by atoms with Crippen molar-refractivity contribution in [3.63, 3.8) is 0 Å². The predicted molar refractivity (Wildman–Crippen MR) is 72.4 cm³/mol. The van der Waals surface area contributed by atoms with Gasteiger partial charge in [0.05, 0.1) is 13.7 Å². The number of rotatable bonds is 7. The van der Waals surface area contributed by atoms with Crippen LogP contribution in [0.3, 0.4) is 0 Å². The molecule has 0 saturated carbocycles. The van der Waals surface area contributed by atoms with Crippen LogP contribution in [-0.4, -0.2) is 41.3 Å². The van der Waals surface area contributed by atoms with Gasteiger partial charge in [-0.3, -0.25) is 9.69 Å². The molecule has 0 heterocycles. The zero-order valence-electron chi connectivity index (χ0n) is 11.6. The first-order valence-electron chi connectivity index (χ1n) is 6.22. The molecule has 1 rings (SSSR count). The van der Waals surface area contributed by atoms with E-state index in [2.05, 4.69) is 0 Å². The van der Waals surface area contributed by atoms with Crippen LogP contribution in [0.4, 0.5) is 0 Å². The lowest BCUT2D eigenvalue weighted by Gasteiger charge is -2.22. The van der Waals surface area contributed by atoms with Crippen molar-refractivity contribution in [3.05, 3.63) is 23.8 Å². The fraction of sp³-hybridized carbons (Fsp3) is 0.500. The topological polar surface area (TPSA) is 70.0 Å². The molecule has 1 aromatic rings. The fourth-order valence-corrected chi connectivity index (χ4v) is 1.97. The van der Waals surface area contributed by atoms with Crippen LogP contribution in [0.25, 0.3) is 0 Å². The number of carbonyl (C=O) groups is 1. The number of aromatic hydroxyl groups is 1. The van der Waals surface area contributed by atoms with E-state index in [1.54, 1.807) is 18.2 Å². The van der Waals surface area contributed by atoms with Gasteiger partial charge in [-0.25, -0.2) is 0 Å². The molecule has 0 saturated heterocycles. The summed E-state index contributed by atoms with van der Waals surface area (Å²) in [6.45, 7) is 5.32. The summed E-state index contributed by atoms with van der Waals surface area (Å²) in [4.78, 5) is 12.7. The molecule has 0 aliphatic rings. The summed E-state index contributed by atoms with van der Waals surface area (Å²) in [6.07, 6.45) is 0. The molecule has 106 valence electrons. The number of phenols is 1. The molecule has 1 aromatic carbocycles. The third kappa shape index (κ3) is 5.18. The number of hydrogen-bond acceptors (Lipinski definition) is 4. The van der Waals surface area contributed by atoms with Crippen LogP contribution in [-0.2, 0) is 11.3 Å². The SMILES string of the molecule is COc1cc(CN(CC(=O)O)CC(C)C)ccc1O. The van der Waals surface area contributed by atoms with Gasteiger partial charge in [-0.2, -0.15) is 0 Å². The molecule has 5 nitrogen and oxygen atoms in total. The lowest BCUT2D eigenvalue weighted by Crippen LogP contribution is -2.32. The highest BCUT2D eigenvalue weighted by Crippen LogP contribution is 2.26. The maximum absolute atomic E-state index is 10.9. The first-order valence-corrected chi connectivity index (χ1v) is 6.22. The number of ether oxygens (including phenoxy) is 1. The summed E-state index contributed by atoms with van der Waals surface area (Å²) >= 11 is 0. The largest absolute Gasteiger partial charge is 0.504 e. The summed E-state index contributed by atoms with van der Waals surface area (Å²) < 4.78 is 5.04. The third-order valence-electron chi connectivity index (χ3n) is 2.63. The van der Waals surface area contributed by atoms with Gasteiger partial charge in [-0.05, 0) is 23.6 Å². The van der Waals surface area contributed by atoms with Crippen molar-refractivity contribution in [1.82, 2.24) is 4.90 Å². The van der Waals surface area contributed by atoms with E-state index >= 15 is 0 Å². The van der Waals surface area contributed by atoms with Gasteiger partial charge in [0.1, 0.15) is 0 Å². The number of hydrogen-bond donors (Lipinski definition) is 2. The zero-order valence-corrected chi connectivity index (χ0v) is 11.6. The Kier molecular flexibility index (Phi) is 5.63. The molecule has 0 amide bonds. The van der Waals surface area contributed by atoms with E-state index < -0.39 is 5.97 Å². The van der Waals surface area contributed by atoms with Crippen LogP contribution in [0.15, 0.2) is 18.2 Å². The molecule has 5 heteroatoms. The molecule has 0 aliphatic carbocycles. The third-order valence-corrected chi connectivity index (χ3v) is 2.63. The van der Waals surface area contributed by atoms with Crippen LogP contribution in [0.1, 0.15) is 19.4 Å². The van der Waals surface area contributed by atoms with Gasteiger partial charge < -0.3 is 14.9 Å². The van der Waals surface area contributed by atoms with Crippen molar-refractivity contribution in [2.75, 3.05) is 20.2 Å². The van der Waals surface area contributed by atoms with Crippen LogP contribution in [0, 0.1) is 5.92 Å². The van der Waals surface area contributed by atoms with Gasteiger partial charge in [0.25, 0.3) is 0 Å². The Bertz CT molecular complexity index is 431. The highest BCUT2D eigenvalue weighted by atomic mass is 16.5. The Morgan fingerprint density at radius 2 is 2.11 bits per heavy atom. The molecule has 0 bridgehead atoms. The van der Waals surface area contributed by atoms with Gasteiger partial charge in [0.15, 0.2) is 11.5 Å². The fourth-order valence-electron chi connectivity index (χ4n) is 1.97. The second kappa shape index (κ2) is 6.99. The van der Waals surface area contributed by atoms with Gasteiger partial charge in [-0.1, -0.05) is 19.9 Å². The van der Waals surface area contributed by atoms with Crippen molar-refractivity contribution < 1.29 is 19.7 Å². The average molecular weight is 267 g/mol. The number of carboxylic acid groups (broad SMARTS) is 1. The van der Waals surface area contributed by atoms with E-state index in [1.807, 2.05) is 18.7 Å². The predicted octanol–water partition coefficient (Wildman–Crippen LogP) is 1.94. The van der Waals surface area contributed by atoms with Gasteiger partial charge in [0.2, 0.25) is 0 Å². The summed E-state index contributed by atoms with van der Waals surface area (Å²) in [6, 6.07) is 5.06. The Morgan fingerprint density at radius 3 is 2.63 bits per heavy atom. The van der Waals surface area contributed by atoms with E-state index in [9.17, 15) is 9.90 Å². The van der Waals surface area contributed by atoms with Gasteiger partial charge in [-0.15, -0.1) is 0 Å². The smallest absolute Gasteiger partial charge is 0.317 e. The molecule has 0 unspecified atom stereocenters. The minimum absolute atomic E-state index is 0.00136. The number of carboxylic acids is 1. The summed E-state index contributed by atoms with van der Waals surface area (Å²) in [7, 11) is 1.49. The van der Waals surface area contributed by atoms with E-state index in [-0.39, 0.29) is 12.3 Å². The van der Waals surface area contributed by atoms with Crippen molar-refractivity contribution in [2.45, 2.75) is 20.4 Å². The van der Waals surface area contributed by atoms with Crippen molar-refractivity contribution in [3.8, 4) is 11.5 Å². The quantitative estimate of drug-likeness (QED) is 0.790. The van der Waals surface area contributed by atoms with E-state index in [1.165, 1.54) is 7.11 Å². The lowest BCUT2D eigenvalue weighted by atomic mass is 10.1. The van der Waals surface area contributed by atoms with Crippen molar-refractivity contribution in [2.24, 2.45) is 5.92 Å². The number of benzene rings is 1. The van der Waals surface area contributed by atoms with Crippen LogP contribution in [0.2, 0.25) is 0 Å². The number of methoxy groups -OCH3 is 1. The Morgan fingerprint density at radius 1 is 1.42 bits per heavy atom. The molecule has 0 spiro atoms. The van der Waals surface area contributed by atoms with E-state index in [4.69, 9.17) is 9.84 Å². The standard InChI is InChI=1S/C14H21NO4/c1-10(2)7-15(9-14(17)18)8-11-4-5-12(16)13(6-11)19-3/h4-6,10,16H,7-9H2,1-3H3,(H,17,18). The minimum atomic E-state index is -0.841. The van der Waals surface area contributed by atoms with Crippen LogP contribution < -0.4 is 4.74 Å². The second-order valence-corrected chi connectivity index (χ2v) is 4.96. The number of nitrogens with zero attached hydrogens (tertiary/aromatic N) is 1. The molecule has 2 N–H and O–H groups in total. The Hall–Kier alpha value is -1.75. The minimum Gasteiger partial charge on any atom is -0.504 e. The van der Waals surface area contributed by atoms with Gasteiger partial charge in [0, 0.05) is 13.1 Å². The zero-order chi connectivity index (χ0) is 14.4. The van der Waals surface area contributed by atoms with Gasteiger partial charge >= 0.3 is 5.97 Å². The molecular formula is C14H21NO4. The molecule has 0 aromatic heterocycles. The Labute approximate surface area is 113 Å². The molecular weight excluding hydrogens is 246 g/mol. The summed E-state index contributed by atoms with van der Waals surface area (Å²) in [5, 5.41) is 18.4. The normalized spacial score (nSPS) is 11.0. The lowest BCUT2D eigenvalue weighted by molar-refractivity contribution is -0.138. The Balaban J connectivity index is 2.80. The van der Waals surface area contributed by atoms with Crippen LogP contribution in [0.5, 0.6) is 11.5 Å². The number of aliphatic carboxylic acids is 1. The second-order valence-electron chi connectivity index (χ2n) is 4.96.